The van der Waals surface area contributed by atoms with E-state index in [9.17, 15) is 4.79 Å². The molecule has 0 aliphatic carbocycles. The van der Waals surface area contributed by atoms with Crippen molar-refractivity contribution in [1.82, 2.24) is 0 Å². The van der Waals surface area contributed by atoms with Gasteiger partial charge >= 0.3 is 5.97 Å². The summed E-state index contributed by atoms with van der Waals surface area (Å²) in [4.78, 5) is 11.2. The number of esters is 1. The molecule has 0 aromatic heterocycles. The van der Waals surface area contributed by atoms with Crippen LogP contribution in [0.2, 0.25) is 0 Å². The zero-order chi connectivity index (χ0) is 9.84. The van der Waals surface area contributed by atoms with Gasteiger partial charge in [-0.15, -0.1) is 0 Å². The lowest BCUT2D eigenvalue weighted by atomic mass is 10.0. The van der Waals surface area contributed by atoms with E-state index in [4.69, 9.17) is 6.42 Å². The summed E-state index contributed by atoms with van der Waals surface area (Å²) in [6.45, 7) is 1.77. The Morgan fingerprint density at radius 1 is 1.54 bits per heavy atom. The smallest absolute Gasteiger partial charge is 0.338 e. The number of rotatable bonds is 1. The van der Waals surface area contributed by atoms with E-state index in [1.807, 2.05) is 0 Å². The zero-order valence-corrected chi connectivity index (χ0v) is 7.55. The molecule has 0 saturated heterocycles. The Balaban J connectivity index is 3.25. The summed E-state index contributed by atoms with van der Waals surface area (Å²) in [5, 5.41) is 0. The number of carbonyl (C=O) groups is 1. The van der Waals surface area contributed by atoms with Crippen LogP contribution in [0.15, 0.2) is 18.2 Å². The third-order valence-corrected chi connectivity index (χ3v) is 1.87. The first-order valence-electron chi connectivity index (χ1n) is 3.81. The first-order chi connectivity index (χ1) is 6.20. The van der Waals surface area contributed by atoms with Gasteiger partial charge in [-0.1, -0.05) is 12.0 Å². The molecule has 0 atom stereocenters. The van der Waals surface area contributed by atoms with Crippen molar-refractivity contribution in [2.24, 2.45) is 0 Å². The molecule has 1 radical (unpaired) electrons. The summed E-state index contributed by atoms with van der Waals surface area (Å²) in [6.07, 6.45) is 6.98. The van der Waals surface area contributed by atoms with Gasteiger partial charge in [-0.2, -0.15) is 0 Å². The van der Waals surface area contributed by atoms with E-state index in [-0.39, 0.29) is 5.97 Å². The molecule has 2 heteroatoms. The van der Waals surface area contributed by atoms with E-state index in [0.717, 1.165) is 5.56 Å². The first kappa shape index (κ1) is 9.34. The highest BCUT2D eigenvalue weighted by atomic mass is 16.5. The molecule has 1 rings (SSSR count). The van der Waals surface area contributed by atoms with Gasteiger partial charge in [0.2, 0.25) is 0 Å². The van der Waals surface area contributed by atoms with E-state index >= 15 is 0 Å². The molecule has 0 amide bonds. The molecule has 13 heavy (non-hydrogen) atoms. The lowest BCUT2D eigenvalue weighted by molar-refractivity contribution is 0.0600. The number of hydrogen-bond acceptors (Lipinski definition) is 2. The molecule has 1 aromatic rings. The van der Waals surface area contributed by atoms with E-state index in [0.29, 0.717) is 11.1 Å². The van der Waals surface area contributed by atoms with Crippen LogP contribution in [0.5, 0.6) is 0 Å². The second kappa shape index (κ2) is 3.77. The molecule has 0 saturated carbocycles. The van der Waals surface area contributed by atoms with Gasteiger partial charge in [0.05, 0.1) is 12.7 Å². The van der Waals surface area contributed by atoms with Crippen molar-refractivity contribution in [1.29, 1.82) is 0 Å². The highest BCUT2D eigenvalue weighted by Crippen LogP contribution is 2.13. The van der Waals surface area contributed by atoms with Gasteiger partial charge in [-0.05, 0) is 31.0 Å². The van der Waals surface area contributed by atoms with Crippen molar-refractivity contribution in [2.75, 3.05) is 7.11 Å². The largest absolute Gasteiger partial charge is 0.465 e. The highest BCUT2D eigenvalue weighted by molar-refractivity contribution is 5.91. The van der Waals surface area contributed by atoms with Gasteiger partial charge in [0.1, 0.15) is 0 Å². The normalized spacial score (nSPS) is 9.00. The Bertz CT molecular complexity index is 372. The maximum Gasteiger partial charge on any atom is 0.338 e. The summed E-state index contributed by atoms with van der Waals surface area (Å²) in [6, 6.07) is 5.10. The maximum atomic E-state index is 11.2. The fourth-order valence-corrected chi connectivity index (χ4v) is 1.10. The summed E-state index contributed by atoms with van der Waals surface area (Å²) in [7, 11) is 1.34. The number of methoxy groups -OCH3 is 1. The minimum atomic E-state index is -0.380. The Hall–Kier alpha value is -1.75. The second-order valence-corrected chi connectivity index (χ2v) is 2.59. The fourth-order valence-electron chi connectivity index (χ4n) is 1.10. The van der Waals surface area contributed by atoms with Crippen LogP contribution in [0.1, 0.15) is 21.5 Å². The third kappa shape index (κ3) is 1.70. The van der Waals surface area contributed by atoms with Crippen LogP contribution >= 0.6 is 0 Å². The van der Waals surface area contributed by atoms with Crippen molar-refractivity contribution in [3.63, 3.8) is 0 Å². The molecule has 0 aliphatic rings. The predicted octanol–water partition coefficient (Wildman–Crippen LogP) is 1.72. The minimum Gasteiger partial charge on any atom is -0.465 e. The van der Waals surface area contributed by atoms with Crippen LogP contribution < -0.4 is 0 Å². The van der Waals surface area contributed by atoms with Crippen molar-refractivity contribution in [2.45, 2.75) is 6.92 Å². The number of benzene rings is 1. The molecule has 0 fully saturated rings. The molecule has 2 nitrogen and oxygen atoms in total. The van der Waals surface area contributed by atoms with Crippen molar-refractivity contribution in [3.8, 4) is 5.92 Å². The summed E-state index contributed by atoms with van der Waals surface area (Å²) >= 11 is 0. The molecule has 1 aromatic carbocycles. The van der Waals surface area contributed by atoms with E-state index in [1.54, 1.807) is 25.1 Å². The number of ether oxygens (including phenoxy) is 1. The van der Waals surface area contributed by atoms with E-state index in [1.165, 1.54) is 7.11 Å². The lowest BCUT2D eigenvalue weighted by Crippen LogP contribution is -2.04. The van der Waals surface area contributed by atoms with Gasteiger partial charge in [-0.3, -0.25) is 0 Å². The SMILES string of the molecule is [C]#Cc1cccc(C(=O)OC)c1C. The molecule has 0 heterocycles. The van der Waals surface area contributed by atoms with Gasteiger partial charge < -0.3 is 4.74 Å². The summed E-state index contributed by atoms with van der Waals surface area (Å²) < 4.78 is 4.59. The molecular weight excluding hydrogens is 164 g/mol. The number of hydrogen-bond donors (Lipinski definition) is 0. The predicted molar refractivity (Wildman–Crippen MR) is 48.8 cm³/mol. The monoisotopic (exact) mass is 173 g/mol. The zero-order valence-electron chi connectivity index (χ0n) is 7.55. The number of carbonyl (C=O) groups excluding carboxylic acids is 1. The third-order valence-electron chi connectivity index (χ3n) is 1.87. The van der Waals surface area contributed by atoms with Crippen molar-refractivity contribution >= 4 is 5.97 Å². The minimum absolute atomic E-state index is 0.380. The van der Waals surface area contributed by atoms with Gasteiger partial charge in [0.25, 0.3) is 0 Å². The van der Waals surface area contributed by atoms with Crippen molar-refractivity contribution in [3.05, 3.63) is 41.3 Å². The van der Waals surface area contributed by atoms with Crippen LogP contribution in [0.3, 0.4) is 0 Å². The van der Waals surface area contributed by atoms with Crippen LogP contribution in [0.25, 0.3) is 0 Å². The summed E-state index contributed by atoms with van der Waals surface area (Å²) in [5.41, 5.74) is 1.83. The maximum absolute atomic E-state index is 11.2. The Morgan fingerprint density at radius 2 is 2.23 bits per heavy atom. The molecule has 0 aliphatic heterocycles. The summed E-state index contributed by atoms with van der Waals surface area (Å²) in [5.74, 6) is 1.88. The fraction of sp³-hybridized carbons (Fsp3) is 0.182. The molecule has 0 spiro atoms. The molecule has 0 unspecified atom stereocenters. The van der Waals surface area contributed by atoms with Crippen LogP contribution in [0, 0.1) is 19.3 Å². The molecule has 0 N–H and O–H groups in total. The van der Waals surface area contributed by atoms with Gasteiger partial charge in [0, 0.05) is 5.56 Å². The topological polar surface area (TPSA) is 26.3 Å². The molecular formula is C11H9O2. The average molecular weight is 173 g/mol. The Morgan fingerprint density at radius 3 is 2.77 bits per heavy atom. The van der Waals surface area contributed by atoms with Gasteiger partial charge in [0.15, 0.2) is 0 Å². The first-order valence-corrected chi connectivity index (χ1v) is 3.81. The lowest BCUT2D eigenvalue weighted by Gasteiger charge is -2.04. The standard InChI is InChI=1S/C11H9O2/c1-4-9-6-5-7-10(8(9)2)11(12)13-3/h5-7H,2-3H3. The highest BCUT2D eigenvalue weighted by Gasteiger charge is 2.09. The second-order valence-electron chi connectivity index (χ2n) is 2.59. The average Bonchev–Trinajstić information content (AvgIpc) is 2.17. The Labute approximate surface area is 77.5 Å². The van der Waals surface area contributed by atoms with Crippen LogP contribution in [0.4, 0.5) is 0 Å². The van der Waals surface area contributed by atoms with Crippen LogP contribution in [-0.4, -0.2) is 13.1 Å². The molecule has 65 valence electrons. The van der Waals surface area contributed by atoms with Gasteiger partial charge in [-0.25, -0.2) is 4.79 Å². The Kier molecular flexibility index (Phi) is 2.71. The van der Waals surface area contributed by atoms with E-state index in [2.05, 4.69) is 10.7 Å². The molecule has 0 bridgehead atoms. The quantitative estimate of drug-likeness (QED) is 0.477. The van der Waals surface area contributed by atoms with Crippen molar-refractivity contribution < 1.29 is 9.53 Å². The van der Waals surface area contributed by atoms with E-state index < -0.39 is 0 Å². The van der Waals surface area contributed by atoms with Crippen LogP contribution in [-0.2, 0) is 4.74 Å².